The maximum absolute atomic E-state index is 11.7. The molecular weight excluding hydrogens is 232 g/mol. The molecule has 6 nitrogen and oxygen atoms in total. The first-order chi connectivity index (χ1) is 8.65. The maximum atomic E-state index is 11.7. The number of carbonyl (C=O) groups excluding carboxylic acids is 1. The second kappa shape index (κ2) is 5.31. The van der Waals surface area contributed by atoms with Crippen LogP contribution in [0.1, 0.15) is 12.0 Å². The number of amides is 1. The van der Waals surface area contributed by atoms with Crippen LogP contribution in [0.15, 0.2) is 30.9 Å². The van der Waals surface area contributed by atoms with E-state index in [-0.39, 0.29) is 18.1 Å². The van der Waals surface area contributed by atoms with E-state index in [9.17, 15) is 9.90 Å². The number of nitrogens with one attached hydrogen (secondary N) is 1. The molecular formula is C12H14N4O2. The van der Waals surface area contributed by atoms with Crippen LogP contribution >= 0.6 is 0 Å². The topological polar surface area (TPSA) is 80.0 Å². The van der Waals surface area contributed by atoms with E-state index in [1.165, 1.54) is 6.33 Å². The minimum Gasteiger partial charge on any atom is -0.506 e. The van der Waals surface area contributed by atoms with Gasteiger partial charge in [-0.05, 0) is 24.6 Å². The fourth-order valence-electron chi connectivity index (χ4n) is 1.52. The smallest absolute Gasteiger partial charge is 0.226 e. The summed E-state index contributed by atoms with van der Waals surface area (Å²) in [5.74, 6) is -0.103. The number of anilines is 1. The minimum absolute atomic E-state index is 0.0732. The largest absolute Gasteiger partial charge is 0.506 e. The number of carbonyl (C=O) groups is 1. The Hall–Kier alpha value is -2.37. The predicted octanol–water partition coefficient (Wildman–Crippen LogP) is 1.32. The summed E-state index contributed by atoms with van der Waals surface area (Å²) in [6, 6.07) is 5.11. The van der Waals surface area contributed by atoms with Crippen molar-refractivity contribution in [2.75, 3.05) is 5.32 Å². The van der Waals surface area contributed by atoms with Gasteiger partial charge in [0, 0.05) is 6.42 Å². The number of aryl methyl sites for hydroxylation is 2. The lowest BCUT2D eigenvalue weighted by molar-refractivity contribution is -0.116. The summed E-state index contributed by atoms with van der Waals surface area (Å²) in [6.07, 6.45) is 3.25. The standard InChI is InChI=1S/C12H14N4O2/c1-9-2-3-10(11(17)6-9)15-12(18)4-5-16-8-13-7-14-16/h2-3,6-8,17H,4-5H2,1H3,(H,15,18). The zero-order valence-corrected chi connectivity index (χ0v) is 10.00. The van der Waals surface area contributed by atoms with Gasteiger partial charge in [-0.3, -0.25) is 9.48 Å². The fraction of sp³-hybridized carbons (Fsp3) is 0.250. The second-order valence-electron chi connectivity index (χ2n) is 3.98. The molecule has 0 spiro atoms. The third-order valence-electron chi connectivity index (χ3n) is 2.46. The quantitative estimate of drug-likeness (QED) is 0.797. The lowest BCUT2D eigenvalue weighted by Gasteiger charge is -2.07. The highest BCUT2D eigenvalue weighted by molar-refractivity contribution is 5.92. The average Bonchev–Trinajstić information content (AvgIpc) is 2.83. The van der Waals surface area contributed by atoms with Gasteiger partial charge in [0.2, 0.25) is 5.91 Å². The Bertz CT molecular complexity index is 537. The molecule has 2 N–H and O–H groups in total. The lowest BCUT2D eigenvalue weighted by atomic mass is 10.2. The third kappa shape index (κ3) is 3.07. The summed E-state index contributed by atoms with van der Waals surface area (Å²) in [7, 11) is 0. The van der Waals surface area contributed by atoms with Gasteiger partial charge in [0.15, 0.2) is 0 Å². The molecule has 0 aliphatic carbocycles. The van der Waals surface area contributed by atoms with E-state index < -0.39 is 0 Å². The molecule has 0 unspecified atom stereocenters. The van der Waals surface area contributed by atoms with Gasteiger partial charge in [-0.15, -0.1) is 0 Å². The highest BCUT2D eigenvalue weighted by Gasteiger charge is 2.06. The minimum atomic E-state index is -0.176. The van der Waals surface area contributed by atoms with Gasteiger partial charge in [-0.25, -0.2) is 4.98 Å². The van der Waals surface area contributed by atoms with Crippen LogP contribution in [0.2, 0.25) is 0 Å². The van der Waals surface area contributed by atoms with Crippen LogP contribution in [0.4, 0.5) is 5.69 Å². The third-order valence-corrected chi connectivity index (χ3v) is 2.46. The Morgan fingerprint density at radius 2 is 2.33 bits per heavy atom. The van der Waals surface area contributed by atoms with E-state index >= 15 is 0 Å². The molecule has 0 saturated carbocycles. The van der Waals surface area contributed by atoms with Crippen LogP contribution in [0, 0.1) is 6.92 Å². The van der Waals surface area contributed by atoms with Crippen LogP contribution < -0.4 is 5.32 Å². The van der Waals surface area contributed by atoms with Crippen LogP contribution in [0.5, 0.6) is 5.75 Å². The van der Waals surface area contributed by atoms with Gasteiger partial charge < -0.3 is 10.4 Å². The van der Waals surface area contributed by atoms with Crippen molar-refractivity contribution in [3.63, 3.8) is 0 Å². The monoisotopic (exact) mass is 246 g/mol. The van der Waals surface area contributed by atoms with Crippen molar-refractivity contribution in [2.45, 2.75) is 19.9 Å². The summed E-state index contributed by atoms with van der Waals surface area (Å²) in [4.78, 5) is 15.4. The first-order valence-corrected chi connectivity index (χ1v) is 5.57. The number of benzene rings is 1. The zero-order chi connectivity index (χ0) is 13.0. The zero-order valence-electron chi connectivity index (χ0n) is 10.00. The van der Waals surface area contributed by atoms with Gasteiger partial charge >= 0.3 is 0 Å². The molecule has 2 rings (SSSR count). The molecule has 6 heteroatoms. The molecule has 1 heterocycles. The van der Waals surface area contributed by atoms with Gasteiger partial charge in [-0.1, -0.05) is 6.07 Å². The Morgan fingerprint density at radius 1 is 1.50 bits per heavy atom. The number of nitrogens with zero attached hydrogens (tertiary/aromatic N) is 3. The molecule has 0 aliphatic rings. The number of aromatic hydroxyl groups is 1. The van der Waals surface area contributed by atoms with Gasteiger partial charge in [0.1, 0.15) is 18.4 Å². The molecule has 0 aliphatic heterocycles. The SMILES string of the molecule is Cc1ccc(NC(=O)CCn2cncn2)c(O)c1. The van der Waals surface area contributed by atoms with E-state index in [0.29, 0.717) is 12.2 Å². The predicted molar refractivity (Wildman–Crippen MR) is 66.1 cm³/mol. The van der Waals surface area contributed by atoms with Crippen molar-refractivity contribution >= 4 is 11.6 Å². The number of hydrogen-bond acceptors (Lipinski definition) is 4. The highest BCUT2D eigenvalue weighted by Crippen LogP contribution is 2.23. The number of aromatic nitrogens is 3. The van der Waals surface area contributed by atoms with E-state index in [0.717, 1.165) is 5.56 Å². The first kappa shape index (κ1) is 12.1. The maximum Gasteiger partial charge on any atom is 0.226 e. The molecule has 0 atom stereocenters. The first-order valence-electron chi connectivity index (χ1n) is 5.57. The van der Waals surface area contributed by atoms with Crippen LogP contribution in [0.3, 0.4) is 0 Å². The Labute approximate surface area is 104 Å². The van der Waals surface area contributed by atoms with Crippen LogP contribution in [0.25, 0.3) is 0 Å². The van der Waals surface area contributed by atoms with Crippen molar-refractivity contribution in [1.82, 2.24) is 14.8 Å². The van der Waals surface area contributed by atoms with E-state index in [2.05, 4.69) is 15.4 Å². The number of rotatable bonds is 4. The molecule has 1 aromatic heterocycles. The lowest BCUT2D eigenvalue weighted by Crippen LogP contribution is -2.14. The average molecular weight is 246 g/mol. The van der Waals surface area contributed by atoms with Crippen molar-refractivity contribution in [1.29, 1.82) is 0 Å². The second-order valence-corrected chi connectivity index (χ2v) is 3.98. The van der Waals surface area contributed by atoms with Crippen LogP contribution in [-0.4, -0.2) is 25.8 Å². The summed E-state index contributed by atoms with van der Waals surface area (Å²) in [5.41, 5.74) is 1.36. The van der Waals surface area contributed by atoms with Crippen molar-refractivity contribution < 1.29 is 9.90 Å². The van der Waals surface area contributed by atoms with E-state index in [1.54, 1.807) is 23.1 Å². The molecule has 1 aromatic carbocycles. The number of phenolic OH excluding ortho intramolecular Hbond substituents is 1. The Balaban J connectivity index is 1.91. The van der Waals surface area contributed by atoms with E-state index in [4.69, 9.17) is 0 Å². The molecule has 0 bridgehead atoms. The fourth-order valence-corrected chi connectivity index (χ4v) is 1.52. The summed E-state index contributed by atoms with van der Waals surface area (Å²) >= 11 is 0. The number of hydrogen-bond donors (Lipinski definition) is 2. The summed E-state index contributed by atoms with van der Waals surface area (Å²) in [6.45, 7) is 2.33. The van der Waals surface area contributed by atoms with Gasteiger partial charge in [0.05, 0.1) is 12.2 Å². The summed E-state index contributed by atoms with van der Waals surface area (Å²) in [5, 5.41) is 16.2. The molecule has 94 valence electrons. The van der Waals surface area contributed by atoms with Crippen molar-refractivity contribution in [2.24, 2.45) is 0 Å². The summed E-state index contributed by atoms with van der Waals surface area (Å²) < 4.78 is 1.58. The molecule has 2 aromatic rings. The molecule has 0 fully saturated rings. The molecule has 18 heavy (non-hydrogen) atoms. The van der Waals surface area contributed by atoms with Crippen molar-refractivity contribution in [3.8, 4) is 5.75 Å². The Kier molecular flexibility index (Phi) is 3.57. The normalized spacial score (nSPS) is 10.3. The van der Waals surface area contributed by atoms with Crippen LogP contribution in [-0.2, 0) is 11.3 Å². The van der Waals surface area contributed by atoms with Gasteiger partial charge in [-0.2, -0.15) is 5.10 Å². The van der Waals surface area contributed by atoms with Gasteiger partial charge in [0.25, 0.3) is 0 Å². The Morgan fingerprint density at radius 3 is 3.00 bits per heavy atom. The molecule has 1 amide bonds. The van der Waals surface area contributed by atoms with E-state index in [1.807, 2.05) is 13.0 Å². The highest BCUT2D eigenvalue weighted by atomic mass is 16.3. The molecule has 0 radical (unpaired) electrons. The molecule has 0 saturated heterocycles. The van der Waals surface area contributed by atoms with Crippen molar-refractivity contribution in [3.05, 3.63) is 36.4 Å². The number of phenols is 1.